The Morgan fingerprint density at radius 3 is 2.57 bits per heavy atom. The first-order valence-electron chi connectivity index (χ1n) is 7.88. The Labute approximate surface area is 146 Å². The van der Waals surface area contributed by atoms with Gasteiger partial charge < -0.3 is 20.5 Å². The number of guanidine groups is 1. The van der Waals surface area contributed by atoms with Crippen molar-refractivity contribution < 1.29 is 9.84 Å². The van der Waals surface area contributed by atoms with Crippen LogP contribution in [0.15, 0.2) is 4.99 Å². The lowest BCUT2D eigenvalue weighted by atomic mass is 9.80. The molecule has 1 aliphatic rings. The quantitative estimate of drug-likeness (QED) is 0.235. The van der Waals surface area contributed by atoms with Crippen molar-refractivity contribution in [1.29, 1.82) is 0 Å². The molecule has 0 bridgehead atoms. The lowest BCUT2D eigenvalue weighted by Gasteiger charge is -2.35. The van der Waals surface area contributed by atoms with Crippen LogP contribution in [0.2, 0.25) is 0 Å². The maximum atomic E-state index is 10.0. The van der Waals surface area contributed by atoms with E-state index in [2.05, 4.69) is 29.5 Å². The first-order chi connectivity index (χ1) is 9.56. The highest BCUT2D eigenvalue weighted by molar-refractivity contribution is 14.0. The molecule has 21 heavy (non-hydrogen) atoms. The van der Waals surface area contributed by atoms with Gasteiger partial charge in [0, 0.05) is 26.3 Å². The number of hydrogen-bond acceptors (Lipinski definition) is 3. The third kappa shape index (κ3) is 9.52. The fourth-order valence-electron chi connectivity index (χ4n) is 2.01. The number of ether oxygens (including phenoxy) is 1. The summed E-state index contributed by atoms with van der Waals surface area (Å²) in [6.07, 6.45) is 3.82. The molecule has 0 saturated heterocycles. The molecule has 0 spiro atoms. The zero-order valence-corrected chi connectivity index (χ0v) is 16.0. The summed E-state index contributed by atoms with van der Waals surface area (Å²) in [5.74, 6) is 1.38. The Balaban J connectivity index is 0.00000400. The third-order valence-corrected chi connectivity index (χ3v) is 3.37. The summed E-state index contributed by atoms with van der Waals surface area (Å²) >= 11 is 0. The van der Waals surface area contributed by atoms with Crippen LogP contribution < -0.4 is 10.6 Å². The van der Waals surface area contributed by atoms with Gasteiger partial charge in [-0.15, -0.1) is 24.0 Å². The smallest absolute Gasteiger partial charge is 0.191 e. The molecule has 1 rings (SSSR count). The fraction of sp³-hybridized carbons (Fsp3) is 0.933. The van der Waals surface area contributed by atoms with Gasteiger partial charge in [0.05, 0.1) is 12.1 Å². The minimum absolute atomic E-state index is 0. The monoisotopic (exact) mass is 413 g/mol. The highest BCUT2D eigenvalue weighted by Crippen LogP contribution is 2.31. The summed E-state index contributed by atoms with van der Waals surface area (Å²) in [6, 6.07) is 0. The van der Waals surface area contributed by atoms with E-state index in [1.54, 1.807) is 0 Å². The molecule has 6 heteroatoms. The van der Waals surface area contributed by atoms with E-state index >= 15 is 0 Å². The summed E-state index contributed by atoms with van der Waals surface area (Å²) < 4.78 is 5.54. The Hall–Kier alpha value is -0.0800. The summed E-state index contributed by atoms with van der Waals surface area (Å²) in [5, 5.41) is 16.5. The zero-order chi connectivity index (χ0) is 14.8. The van der Waals surface area contributed by atoms with Crippen LogP contribution in [0.25, 0.3) is 0 Å². The molecule has 5 nitrogen and oxygen atoms in total. The number of halogens is 1. The average molecular weight is 413 g/mol. The molecule has 0 amide bonds. The molecule has 126 valence electrons. The highest BCUT2D eigenvalue weighted by atomic mass is 127. The maximum absolute atomic E-state index is 10.0. The van der Waals surface area contributed by atoms with Crippen LogP contribution in [0.5, 0.6) is 0 Å². The molecule has 0 atom stereocenters. The zero-order valence-electron chi connectivity index (χ0n) is 13.7. The molecule has 1 fully saturated rings. The van der Waals surface area contributed by atoms with Crippen LogP contribution >= 0.6 is 24.0 Å². The first kappa shape index (κ1) is 20.9. The SMILES string of the molecule is CCNC(=NCC1(O)CCC1)NCCCOCC(C)C.I. The average Bonchev–Trinajstić information content (AvgIpc) is 2.37. The van der Waals surface area contributed by atoms with Crippen molar-refractivity contribution in [1.82, 2.24) is 10.6 Å². The molecule has 3 N–H and O–H groups in total. The fourth-order valence-corrected chi connectivity index (χ4v) is 2.01. The van der Waals surface area contributed by atoms with Gasteiger partial charge in [-0.2, -0.15) is 0 Å². The van der Waals surface area contributed by atoms with E-state index in [0.717, 1.165) is 57.9 Å². The van der Waals surface area contributed by atoms with E-state index in [9.17, 15) is 5.11 Å². The van der Waals surface area contributed by atoms with Gasteiger partial charge >= 0.3 is 0 Å². The lowest BCUT2D eigenvalue weighted by molar-refractivity contribution is -0.0236. The van der Waals surface area contributed by atoms with Gasteiger partial charge in [-0.25, -0.2) is 0 Å². The standard InChI is InChI=1S/C15H31N3O2.HI/c1-4-16-14(18-12-15(19)7-5-8-15)17-9-6-10-20-11-13(2)3;/h13,19H,4-12H2,1-3H3,(H2,16,17,18);1H. The highest BCUT2D eigenvalue weighted by Gasteiger charge is 2.34. The Kier molecular flexibility index (Phi) is 11.4. The van der Waals surface area contributed by atoms with Crippen molar-refractivity contribution in [3.63, 3.8) is 0 Å². The second-order valence-electron chi connectivity index (χ2n) is 6.02. The van der Waals surface area contributed by atoms with Gasteiger partial charge in [-0.3, -0.25) is 4.99 Å². The number of nitrogens with zero attached hydrogens (tertiary/aromatic N) is 1. The molecule has 0 radical (unpaired) electrons. The van der Waals surface area contributed by atoms with Crippen LogP contribution in [0, 0.1) is 5.92 Å². The van der Waals surface area contributed by atoms with E-state index in [4.69, 9.17) is 4.74 Å². The van der Waals surface area contributed by atoms with Crippen LogP contribution in [0.3, 0.4) is 0 Å². The van der Waals surface area contributed by atoms with Gasteiger partial charge in [0.25, 0.3) is 0 Å². The molecule has 0 unspecified atom stereocenters. The molecule has 1 aliphatic carbocycles. The predicted molar refractivity (Wildman–Crippen MR) is 98.5 cm³/mol. The van der Waals surface area contributed by atoms with Gasteiger partial charge in [-0.05, 0) is 38.5 Å². The van der Waals surface area contributed by atoms with Crippen molar-refractivity contribution in [2.24, 2.45) is 10.9 Å². The van der Waals surface area contributed by atoms with E-state index in [1.165, 1.54) is 0 Å². The van der Waals surface area contributed by atoms with Crippen molar-refractivity contribution in [3.8, 4) is 0 Å². The number of aliphatic hydroxyl groups is 1. The normalized spacial score (nSPS) is 17.1. The summed E-state index contributed by atoms with van der Waals surface area (Å²) in [4.78, 5) is 4.46. The molecule has 0 aromatic heterocycles. The molecule has 0 aromatic carbocycles. The number of hydrogen-bond donors (Lipinski definition) is 3. The molecular weight excluding hydrogens is 381 g/mol. The Morgan fingerprint density at radius 1 is 1.33 bits per heavy atom. The van der Waals surface area contributed by atoms with Gasteiger partial charge in [0.15, 0.2) is 5.96 Å². The Bertz CT molecular complexity index is 295. The molecule has 0 aromatic rings. The number of rotatable bonds is 9. The van der Waals surface area contributed by atoms with Gasteiger partial charge in [0.2, 0.25) is 0 Å². The molecule has 0 heterocycles. The molecule has 0 aliphatic heterocycles. The topological polar surface area (TPSA) is 65.9 Å². The van der Waals surface area contributed by atoms with Crippen LogP contribution in [-0.2, 0) is 4.74 Å². The van der Waals surface area contributed by atoms with E-state index < -0.39 is 5.60 Å². The van der Waals surface area contributed by atoms with E-state index in [1.807, 2.05) is 6.92 Å². The summed E-state index contributed by atoms with van der Waals surface area (Å²) in [6.45, 7) is 10.1. The molecular formula is C15H32IN3O2. The van der Waals surface area contributed by atoms with Crippen molar-refractivity contribution in [2.75, 3.05) is 32.8 Å². The van der Waals surface area contributed by atoms with Crippen molar-refractivity contribution in [2.45, 2.75) is 52.1 Å². The second kappa shape index (κ2) is 11.5. The van der Waals surface area contributed by atoms with Crippen LogP contribution in [0.4, 0.5) is 0 Å². The minimum atomic E-state index is -0.553. The van der Waals surface area contributed by atoms with Crippen LogP contribution in [0.1, 0.15) is 46.5 Å². The predicted octanol–water partition coefficient (Wildman–Crippen LogP) is 2.14. The number of nitrogens with one attached hydrogen (secondary N) is 2. The lowest BCUT2D eigenvalue weighted by Crippen LogP contribution is -2.43. The van der Waals surface area contributed by atoms with Gasteiger partial charge in [0.1, 0.15) is 0 Å². The van der Waals surface area contributed by atoms with E-state index in [-0.39, 0.29) is 24.0 Å². The van der Waals surface area contributed by atoms with E-state index in [0.29, 0.717) is 12.5 Å². The minimum Gasteiger partial charge on any atom is -0.388 e. The first-order valence-corrected chi connectivity index (χ1v) is 7.88. The van der Waals surface area contributed by atoms with Crippen LogP contribution in [-0.4, -0.2) is 49.5 Å². The van der Waals surface area contributed by atoms with Gasteiger partial charge in [-0.1, -0.05) is 13.8 Å². The van der Waals surface area contributed by atoms with Crippen molar-refractivity contribution in [3.05, 3.63) is 0 Å². The molecule has 1 saturated carbocycles. The maximum Gasteiger partial charge on any atom is 0.191 e. The second-order valence-corrected chi connectivity index (χ2v) is 6.02. The largest absolute Gasteiger partial charge is 0.388 e. The van der Waals surface area contributed by atoms with Crippen molar-refractivity contribution >= 4 is 29.9 Å². The third-order valence-electron chi connectivity index (χ3n) is 3.37. The Morgan fingerprint density at radius 2 is 2.05 bits per heavy atom. The summed E-state index contributed by atoms with van der Waals surface area (Å²) in [5.41, 5.74) is -0.553. The summed E-state index contributed by atoms with van der Waals surface area (Å²) in [7, 11) is 0. The number of aliphatic imine (C=N–C) groups is 1.